The molecule has 0 aromatic carbocycles. The third kappa shape index (κ3) is 2.27. The first-order valence-electron chi connectivity index (χ1n) is 4.08. The van der Waals surface area contributed by atoms with E-state index in [1.807, 2.05) is 0 Å². The van der Waals surface area contributed by atoms with E-state index in [1.165, 1.54) is 19.3 Å². The molecule has 1 aliphatic carbocycles. The minimum Gasteiger partial charge on any atom is -0.383 e. The zero-order valence-corrected chi connectivity index (χ0v) is 6.89. The van der Waals surface area contributed by atoms with Gasteiger partial charge in [-0.25, -0.2) is 0 Å². The Kier molecular flexibility index (Phi) is 3.16. The summed E-state index contributed by atoms with van der Waals surface area (Å²) in [6.07, 6.45) is 4.11. The summed E-state index contributed by atoms with van der Waals surface area (Å²) < 4.78 is 5.01. The van der Waals surface area contributed by atoms with Gasteiger partial charge in [0.1, 0.15) is 0 Å². The first-order valence-corrected chi connectivity index (χ1v) is 4.08. The van der Waals surface area contributed by atoms with E-state index in [4.69, 9.17) is 4.74 Å². The van der Waals surface area contributed by atoms with Gasteiger partial charge in [-0.15, -0.1) is 0 Å². The van der Waals surface area contributed by atoms with Gasteiger partial charge in [0.2, 0.25) is 0 Å². The first kappa shape index (κ1) is 8.02. The molecule has 0 aromatic heterocycles. The third-order valence-electron chi connectivity index (χ3n) is 2.04. The highest BCUT2D eigenvalue weighted by Crippen LogP contribution is 2.18. The normalized spacial score (nSPS) is 22.2. The van der Waals surface area contributed by atoms with Crippen molar-refractivity contribution >= 4 is 0 Å². The van der Waals surface area contributed by atoms with Crippen LogP contribution in [-0.2, 0) is 4.74 Å². The Balaban J connectivity index is 1.99. The molecule has 0 bridgehead atoms. The second-order valence-electron chi connectivity index (χ2n) is 3.15. The first-order chi connectivity index (χ1) is 4.83. The van der Waals surface area contributed by atoms with Crippen LogP contribution in [0.3, 0.4) is 0 Å². The van der Waals surface area contributed by atoms with Crippen LogP contribution in [0.25, 0.3) is 0 Å². The topological polar surface area (TPSA) is 21.3 Å². The molecule has 1 aliphatic rings. The predicted octanol–water partition coefficient (Wildman–Crippen LogP) is 1.16. The number of rotatable bonds is 4. The van der Waals surface area contributed by atoms with E-state index in [2.05, 4.69) is 12.2 Å². The molecule has 0 spiro atoms. The van der Waals surface area contributed by atoms with Crippen molar-refractivity contribution in [1.82, 2.24) is 5.32 Å². The largest absolute Gasteiger partial charge is 0.383 e. The Bertz CT molecular complexity index is 91.3. The van der Waals surface area contributed by atoms with Crippen LogP contribution in [0.1, 0.15) is 26.2 Å². The van der Waals surface area contributed by atoms with Gasteiger partial charge in [-0.05, 0) is 19.8 Å². The van der Waals surface area contributed by atoms with Crippen molar-refractivity contribution in [2.45, 2.75) is 38.3 Å². The van der Waals surface area contributed by atoms with E-state index >= 15 is 0 Å². The van der Waals surface area contributed by atoms with Gasteiger partial charge in [0.15, 0.2) is 0 Å². The summed E-state index contributed by atoms with van der Waals surface area (Å²) in [5.74, 6) is 0. The highest BCUT2D eigenvalue weighted by Gasteiger charge is 2.18. The summed E-state index contributed by atoms with van der Waals surface area (Å²) in [6, 6.07) is 1.31. The van der Waals surface area contributed by atoms with Gasteiger partial charge >= 0.3 is 0 Å². The lowest BCUT2D eigenvalue weighted by atomic mass is 9.92. The molecule has 1 saturated carbocycles. The summed E-state index contributed by atoms with van der Waals surface area (Å²) in [7, 11) is 1.75. The molecule has 0 radical (unpaired) electrons. The summed E-state index contributed by atoms with van der Waals surface area (Å²) in [6.45, 7) is 3.00. The van der Waals surface area contributed by atoms with Crippen LogP contribution < -0.4 is 5.32 Å². The smallest absolute Gasteiger partial charge is 0.0613 e. The van der Waals surface area contributed by atoms with E-state index in [0.717, 1.165) is 12.6 Å². The van der Waals surface area contributed by atoms with Crippen LogP contribution in [0.5, 0.6) is 0 Å². The Hall–Kier alpha value is -0.0800. The lowest BCUT2D eigenvalue weighted by Gasteiger charge is -2.29. The molecule has 60 valence electrons. The van der Waals surface area contributed by atoms with E-state index in [-0.39, 0.29) is 0 Å². The van der Waals surface area contributed by atoms with Crippen molar-refractivity contribution in [2.75, 3.05) is 13.7 Å². The minimum absolute atomic E-state index is 0.523. The fraction of sp³-hybridized carbons (Fsp3) is 1.00. The van der Waals surface area contributed by atoms with Gasteiger partial charge in [0, 0.05) is 19.2 Å². The van der Waals surface area contributed by atoms with Crippen molar-refractivity contribution in [1.29, 1.82) is 0 Å². The Morgan fingerprint density at radius 3 is 2.70 bits per heavy atom. The number of hydrogen-bond acceptors (Lipinski definition) is 2. The molecule has 0 aromatic rings. The summed E-state index contributed by atoms with van der Waals surface area (Å²) in [4.78, 5) is 0. The van der Waals surface area contributed by atoms with Crippen molar-refractivity contribution in [3.63, 3.8) is 0 Å². The number of hydrogen-bond donors (Lipinski definition) is 1. The van der Waals surface area contributed by atoms with Crippen LogP contribution in [0.15, 0.2) is 0 Å². The second-order valence-corrected chi connectivity index (χ2v) is 3.15. The van der Waals surface area contributed by atoms with Crippen molar-refractivity contribution in [3.05, 3.63) is 0 Å². The third-order valence-corrected chi connectivity index (χ3v) is 2.04. The molecule has 2 heteroatoms. The SMILES string of the molecule is COC[C@@H](C)NC1CCC1. The van der Waals surface area contributed by atoms with Gasteiger partial charge in [0.05, 0.1) is 6.61 Å². The average molecular weight is 143 g/mol. The number of methoxy groups -OCH3 is 1. The molecule has 1 rings (SSSR count). The zero-order chi connectivity index (χ0) is 7.40. The Morgan fingerprint density at radius 1 is 1.60 bits per heavy atom. The number of ether oxygens (including phenoxy) is 1. The van der Waals surface area contributed by atoms with Crippen LogP contribution >= 0.6 is 0 Å². The maximum absolute atomic E-state index is 5.01. The van der Waals surface area contributed by atoms with E-state index in [0.29, 0.717) is 6.04 Å². The van der Waals surface area contributed by atoms with Gasteiger partial charge < -0.3 is 10.1 Å². The molecule has 10 heavy (non-hydrogen) atoms. The summed E-state index contributed by atoms with van der Waals surface area (Å²) >= 11 is 0. The number of nitrogens with one attached hydrogen (secondary N) is 1. The van der Waals surface area contributed by atoms with Gasteiger partial charge in [-0.3, -0.25) is 0 Å². The fourth-order valence-electron chi connectivity index (χ4n) is 1.28. The zero-order valence-electron chi connectivity index (χ0n) is 6.89. The van der Waals surface area contributed by atoms with Crippen molar-refractivity contribution in [3.8, 4) is 0 Å². The average Bonchev–Trinajstić information content (AvgIpc) is 1.80. The maximum Gasteiger partial charge on any atom is 0.0613 e. The highest BCUT2D eigenvalue weighted by molar-refractivity contribution is 4.78. The second kappa shape index (κ2) is 3.94. The molecule has 0 heterocycles. The molecule has 2 nitrogen and oxygen atoms in total. The quantitative estimate of drug-likeness (QED) is 0.637. The minimum atomic E-state index is 0.523. The molecular formula is C8H17NO. The highest BCUT2D eigenvalue weighted by atomic mass is 16.5. The molecule has 0 saturated heterocycles. The van der Waals surface area contributed by atoms with Crippen LogP contribution in [0.4, 0.5) is 0 Å². The molecule has 0 amide bonds. The van der Waals surface area contributed by atoms with Crippen molar-refractivity contribution < 1.29 is 4.74 Å². The lowest BCUT2D eigenvalue weighted by molar-refractivity contribution is 0.157. The van der Waals surface area contributed by atoms with E-state index < -0.39 is 0 Å². The molecular weight excluding hydrogens is 126 g/mol. The predicted molar refractivity (Wildman–Crippen MR) is 42.1 cm³/mol. The molecule has 1 N–H and O–H groups in total. The monoisotopic (exact) mass is 143 g/mol. The van der Waals surface area contributed by atoms with Crippen LogP contribution in [-0.4, -0.2) is 25.8 Å². The summed E-state index contributed by atoms with van der Waals surface area (Å²) in [5, 5.41) is 3.49. The standard InChI is InChI=1S/C8H17NO/c1-7(6-10-2)9-8-4-3-5-8/h7-9H,3-6H2,1-2H3/t7-/m1/s1. The van der Waals surface area contributed by atoms with E-state index in [9.17, 15) is 0 Å². The molecule has 1 atom stereocenters. The van der Waals surface area contributed by atoms with Gasteiger partial charge in [-0.2, -0.15) is 0 Å². The maximum atomic E-state index is 5.01. The van der Waals surface area contributed by atoms with Crippen molar-refractivity contribution in [2.24, 2.45) is 0 Å². The van der Waals surface area contributed by atoms with E-state index in [1.54, 1.807) is 7.11 Å². The molecule has 0 aliphatic heterocycles. The van der Waals surface area contributed by atoms with Crippen LogP contribution in [0, 0.1) is 0 Å². The van der Waals surface area contributed by atoms with Gasteiger partial charge in [-0.1, -0.05) is 6.42 Å². The summed E-state index contributed by atoms with van der Waals surface area (Å²) in [5.41, 5.74) is 0. The Morgan fingerprint density at radius 2 is 2.30 bits per heavy atom. The lowest BCUT2D eigenvalue weighted by Crippen LogP contribution is -2.42. The van der Waals surface area contributed by atoms with Crippen LogP contribution in [0.2, 0.25) is 0 Å². The molecule has 1 fully saturated rings. The van der Waals surface area contributed by atoms with Gasteiger partial charge in [0.25, 0.3) is 0 Å². The molecule has 0 unspecified atom stereocenters. The Labute approximate surface area is 63.0 Å². The fourth-order valence-corrected chi connectivity index (χ4v) is 1.28.